The largest absolute Gasteiger partial charge is 0.366 e. The third-order valence-electron chi connectivity index (χ3n) is 4.99. The van der Waals surface area contributed by atoms with Crippen LogP contribution < -0.4 is 0 Å². The van der Waals surface area contributed by atoms with E-state index in [2.05, 4.69) is 34.6 Å². The van der Waals surface area contributed by atoms with Crippen LogP contribution in [0.15, 0.2) is 12.1 Å². The molecule has 104 valence electrons. The predicted octanol–water partition coefficient (Wildman–Crippen LogP) is 4.38. The van der Waals surface area contributed by atoms with Gasteiger partial charge in [0, 0.05) is 11.0 Å². The predicted molar refractivity (Wildman–Crippen MR) is 77.6 cm³/mol. The summed E-state index contributed by atoms with van der Waals surface area (Å²) < 4.78 is 6.11. The van der Waals surface area contributed by atoms with Crippen LogP contribution in [0.2, 0.25) is 0 Å². The van der Waals surface area contributed by atoms with Gasteiger partial charge in [0.1, 0.15) is 0 Å². The van der Waals surface area contributed by atoms with Crippen LogP contribution in [-0.4, -0.2) is 11.4 Å². The van der Waals surface area contributed by atoms with Crippen LogP contribution in [0.1, 0.15) is 67.8 Å². The van der Waals surface area contributed by atoms with E-state index in [0.717, 1.165) is 11.1 Å². The molecule has 0 amide bonds. The second kappa shape index (κ2) is 4.17. The van der Waals surface area contributed by atoms with Crippen molar-refractivity contribution in [1.29, 1.82) is 0 Å². The number of rotatable bonds is 2. The first-order valence-electron chi connectivity index (χ1n) is 6.88. The lowest BCUT2D eigenvalue weighted by molar-refractivity contribution is -0.295. The lowest BCUT2D eigenvalue weighted by Crippen LogP contribution is -2.58. The zero-order chi connectivity index (χ0) is 14.6. The molecule has 0 aliphatic carbocycles. The number of Topliss-reactive ketones (excluding diaryl/α,β-unsaturated/α-hetero) is 1. The van der Waals surface area contributed by atoms with Gasteiger partial charge in [0.05, 0.1) is 11.7 Å². The first kappa shape index (κ1) is 14.3. The summed E-state index contributed by atoms with van der Waals surface area (Å²) in [5.74, 6) is 0.120. The number of hydrogen-bond donors (Lipinski definition) is 0. The van der Waals surface area contributed by atoms with E-state index in [9.17, 15) is 4.79 Å². The summed E-state index contributed by atoms with van der Waals surface area (Å²) >= 11 is 0. The number of benzene rings is 1. The zero-order valence-corrected chi connectivity index (χ0v) is 13.0. The van der Waals surface area contributed by atoms with Crippen LogP contribution in [0.5, 0.6) is 0 Å². The van der Waals surface area contributed by atoms with Gasteiger partial charge in [-0.1, -0.05) is 26.0 Å². The Bertz CT molecular complexity index is 538. The van der Waals surface area contributed by atoms with Crippen LogP contribution in [0.25, 0.3) is 0 Å². The van der Waals surface area contributed by atoms with Gasteiger partial charge in [-0.2, -0.15) is 0 Å². The highest BCUT2D eigenvalue weighted by Crippen LogP contribution is 2.58. The SMILES string of the molecule is CC(=O)c1ccc(C)c(C2OC(C)(C)C2(C)C)c1C. The van der Waals surface area contributed by atoms with E-state index in [1.165, 1.54) is 11.1 Å². The van der Waals surface area contributed by atoms with Crippen molar-refractivity contribution < 1.29 is 9.53 Å². The average molecular weight is 260 g/mol. The number of carbonyl (C=O) groups is 1. The van der Waals surface area contributed by atoms with Gasteiger partial charge in [-0.3, -0.25) is 4.79 Å². The van der Waals surface area contributed by atoms with Gasteiger partial charge < -0.3 is 4.74 Å². The highest BCUT2D eigenvalue weighted by atomic mass is 16.5. The molecule has 0 aromatic heterocycles. The molecule has 19 heavy (non-hydrogen) atoms. The van der Waals surface area contributed by atoms with Crippen LogP contribution in [0.4, 0.5) is 0 Å². The third-order valence-corrected chi connectivity index (χ3v) is 4.99. The fourth-order valence-corrected chi connectivity index (χ4v) is 2.92. The molecule has 0 N–H and O–H groups in total. The van der Waals surface area contributed by atoms with Crippen molar-refractivity contribution in [3.8, 4) is 0 Å². The van der Waals surface area contributed by atoms with E-state index in [-0.39, 0.29) is 22.9 Å². The second-order valence-corrected chi connectivity index (χ2v) is 6.75. The minimum atomic E-state index is -0.122. The van der Waals surface area contributed by atoms with Crippen LogP contribution >= 0.6 is 0 Å². The first-order chi connectivity index (χ1) is 8.59. The number of carbonyl (C=O) groups excluding carboxylic acids is 1. The molecule has 1 heterocycles. The summed E-state index contributed by atoms with van der Waals surface area (Å²) in [4.78, 5) is 11.7. The average Bonchev–Trinajstić information content (AvgIpc) is 2.27. The molecule has 1 unspecified atom stereocenters. The summed E-state index contributed by atoms with van der Waals surface area (Å²) in [7, 11) is 0. The Morgan fingerprint density at radius 1 is 1.16 bits per heavy atom. The van der Waals surface area contributed by atoms with E-state index in [1.807, 2.05) is 19.1 Å². The van der Waals surface area contributed by atoms with Crippen LogP contribution in [0, 0.1) is 19.3 Å². The molecule has 1 aliphatic heterocycles. The van der Waals surface area contributed by atoms with Crippen molar-refractivity contribution in [3.05, 3.63) is 34.4 Å². The Morgan fingerprint density at radius 3 is 2.16 bits per heavy atom. The molecule has 1 atom stereocenters. The fourth-order valence-electron chi connectivity index (χ4n) is 2.92. The van der Waals surface area contributed by atoms with Gasteiger partial charge in [0.2, 0.25) is 0 Å². The Labute approximate surface area is 116 Å². The molecular weight excluding hydrogens is 236 g/mol. The number of ketones is 1. The maximum atomic E-state index is 11.7. The van der Waals surface area contributed by atoms with Crippen molar-refractivity contribution in [2.45, 2.75) is 60.2 Å². The fraction of sp³-hybridized carbons (Fsp3) is 0.588. The third kappa shape index (κ3) is 1.93. The Morgan fingerprint density at radius 2 is 1.74 bits per heavy atom. The zero-order valence-electron chi connectivity index (χ0n) is 13.0. The monoisotopic (exact) mass is 260 g/mol. The van der Waals surface area contributed by atoms with Crippen molar-refractivity contribution in [2.24, 2.45) is 5.41 Å². The molecule has 0 bridgehead atoms. The first-order valence-corrected chi connectivity index (χ1v) is 6.88. The summed E-state index contributed by atoms with van der Waals surface area (Å²) in [6.07, 6.45) is 0.0711. The molecule has 1 aromatic carbocycles. The maximum Gasteiger partial charge on any atom is 0.160 e. The number of ether oxygens (including phenoxy) is 1. The van der Waals surface area contributed by atoms with Gasteiger partial charge in [-0.05, 0) is 51.3 Å². The highest BCUT2D eigenvalue weighted by molar-refractivity contribution is 5.96. The minimum absolute atomic E-state index is 0.0674. The standard InChI is InChI=1S/C17H24O2/c1-10-8-9-13(12(3)18)11(2)14(10)15-16(4,5)17(6,7)19-15/h8-9,15H,1-7H3. The van der Waals surface area contributed by atoms with Gasteiger partial charge in [-0.15, -0.1) is 0 Å². The molecule has 2 nitrogen and oxygen atoms in total. The van der Waals surface area contributed by atoms with Crippen molar-refractivity contribution in [2.75, 3.05) is 0 Å². The number of hydrogen-bond acceptors (Lipinski definition) is 2. The lowest BCUT2D eigenvalue weighted by atomic mass is 9.64. The molecule has 0 radical (unpaired) electrons. The van der Waals surface area contributed by atoms with Crippen LogP contribution in [-0.2, 0) is 4.74 Å². The van der Waals surface area contributed by atoms with Gasteiger partial charge in [-0.25, -0.2) is 0 Å². The van der Waals surface area contributed by atoms with Gasteiger partial charge in [0.15, 0.2) is 5.78 Å². The smallest absolute Gasteiger partial charge is 0.160 e. The summed E-state index contributed by atoms with van der Waals surface area (Å²) in [6.45, 7) is 14.5. The van der Waals surface area contributed by atoms with Gasteiger partial charge in [0.25, 0.3) is 0 Å². The molecule has 1 saturated heterocycles. The van der Waals surface area contributed by atoms with Crippen LogP contribution in [0.3, 0.4) is 0 Å². The molecule has 1 aliphatic rings. The Hall–Kier alpha value is -1.15. The molecule has 2 rings (SSSR count). The van der Waals surface area contributed by atoms with Gasteiger partial charge >= 0.3 is 0 Å². The molecule has 2 heteroatoms. The lowest BCUT2D eigenvalue weighted by Gasteiger charge is -2.59. The Balaban J connectivity index is 2.53. The summed E-state index contributed by atoms with van der Waals surface area (Å²) in [5.41, 5.74) is 4.22. The molecule has 0 spiro atoms. The van der Waals surface area contributed by atoms with E-state index < -0.39 is 0 Å². The normalized spacial score (nSPS) is 23.8. The summed E-state index contributed by atoms with van der Waals surface area (Å²) in [6, 6.07) is 3.96. The minimum Gasteiger partial charge on any atom is -0.366 e. The van der Waals surface area contributed by atoms with Crippen molar-refractivity contribution in [3.63, 3.8) is 0 Å². The topological polar surface area (TPSA) is 26.3 Å². The van der Waals surface area contributed by atoms with Crippen molar-refractivity contribution >= 4 is 5.78 Å². The quantitative estimate of drug-likeness (QED) is 0.737. The molecular formula is C17H24O2. The van der Waals surface area contributed by atoms with E-state index in [1.54, 1.807) is 6.92 Å². The van der Waals surface area contributed by atoms with E-state index in [4.69, 9.17) is 4.74 Å². The maximum absolute atomic E-state index is 11.7. The summed E-state index contributed by atoms with van der Waals surface area (Å²) in [5, 5.41) is 0. The van der Waals surface area contributed by atoms with Crippen molar-refractivity contribution in [1.82, 2.24) is 0 Å². The van der Waals surface area contributed by atoms with E-state index in [0.29, 0.717) is 0 Å². The molecule has 1 fully saturated rings. The second-order valence-electron chi connectivity index (χ2n) is 6.75. The Kier molecular flexibility index (Phi) is 3.13. The molecule has 0 saturated carbocycles. The molecule has 1 aromatic rings. The highest BCUT2D eigenvalue weighted by Gasteiger charge is 2.57. The van der Waals surface area contributed by atoms with E-state index >= 15 is 0 Å². The number of aryl methyl sites for hydroxylation is 1.